The molecule has 160 valence electrons. The first-order valence-electron chi connectivity index (χ1n) is 13.8. The van der Waals surface area contributed by atoms with Crippen LogP contribution in [-0.2, 0) is 7.05 Å². The van der Waals surface area contributed by atoms with E-state index in [1.807, 2.05) is 35.9 Å². The third kappa shape index (κ3) is 3.26. The molecular formula is C31H32N+. The van der Waals surface area contributed by atoms with Crippen LogP contribution in [0.15, 0.2) is 72.9 Å². The van der Waals surface area contributed by atoms with Gasteiger partial charge >= 0.3 is 0 Å². The van der Waals surface area contributed by atoms with Crippen molar-refractivity contribution in [2.45, 2.75) is 45.4 Å². The lowest BCUT2D eigenvalue weighted by atomic mass is 9.83. The first kappa shape index (κ1) is 15.8. The predicted octanol–water partition coefficient (Wildman–Crippen LogP) is 7.52. The number of aromatic nitrogens is 1. The number of aryl methyl sites for hydroxylation is 3. The molecule has 2 saturated carbocycles. The van der Waals surface area contributed by atoms with Gasteiger partial charge in [-0.15, -0.1) is 0 Å². The van der Waals surface area contributed by atoms with E-state index in [0.29, 0.717) is 17.4 Å². The Morgan fingerprint density at radius 3 is 2.50 bits per heavy atom. The van der Waals surface area contributed by atoms with E-state index in [2.05, 4.69) is 49.4 Å². The second kappa shape index (κ2) is 7.59. The van der Waals surface area contributed by atoms with Crippen LogP contribution >= 0.6 is 0 Å². The molecule has 1 heterocycles. The number of hydrogen-bond donors (Lipinski definition) is 0. The average molecular weight is 423 g/mol. The van der Waals surface area contributed by atoms with Crippen LogP contribution in [0.1, 0.15) is 53.8 Å². The van der Waals surface area contributed by atoms with Crippen molar-refractivity contribution in [3.63, 3.8) is 0 Å². The highest BCUT2D eigenvalue weighted by Gasteiger charge is 2.40. The van der Waals surface area contributed by atoms with Gasteiger partial charge in [0.05, 0.1) is 0 Å². The van der Waals surface area contributed by atoms with Crippen molar-refractivity contribution in [3.8, 4) is 22.4 Å². The van der Waals surface area contributed by atoms with E-state index in [4.69, 9.17) is 4.11 Å². The second-order valence-electron chi connectivity index (χ2n) is 9.79. The minimum atomic E-state index is -2.23. The van der Waals surface area contributed by atoms with Gasteiger partial charge in [0.15, 0.2) is 6.20 Å². The number of nitrogens with zero attached hydrogens (tertiary/aromatic N) is 1. The summed E-state index contributed by atoms with van der Waals surface area (Å²) >= 11 is 0. The van der Waals surface area contributed by atoms with Crippen molar-refractivity contribution >= 4 is 10.8 Å². The molecule has 0 aliphatic heterocycles. The monoisotopic (exact) mass is 422 g/mol. The molecule has 0 amide bonds. The summed E-state index contributed by atoms with van der Waals surface area (Å²) in [7, 11) is 1.91. The molecule has 0 N–H and O–H groups in total. The second-order valence-corrected chi connectivity index (χ2v) is 9.79. The summed E-state index contributed by atoms with van der Waals surface area (Å²) in [6, 6.07) is 22.9. The third-order valence-electron chi connectivity index (χ3n) is 7.76. The van der Waals surface area contributed by atoms with Gasteiger partial charge < -0.3 is 0 Å². The topological polar surface area (TPSA) is 3.88 Å². The van der Waals surface area contributed by atoms with Gasteiger partial charge in [-0.1, -0.05) is 55.0 Å². The van der Waals surface area contributed by atoms with Crippen molar-refractivity contribution in [1.82, 2.24) is 0 Å². The van der Waals surface area contributed by atoms with E-state index >= 15 is 0 Å². The molecule has 3 atom stereocenters. The summed E-state index contributed by atoms with van der Waals surface area (Å²) in [5, 5.41) is 2.19. The molecule has 2 fully saturated rings. The molecule has 6 rings (SSSR count). The summed E-state index contributed by atoms with van der Waals surface area (Å²) in [4.78, 5) is 0. The Hall–Kier alpha value is -2.93. The van der Waals surface area contributed by atoms with E-state index in [9.17, 15) is 1.37 Å². The Morgan fingerprint density at radius 1 is 0.875 bits per heavy atom. The third-order valence-corrected chi connectivity index (χ3v) is 7.76. The average Bonchev–Trinajstić information content (AvgIpc) is 3.45. The first-order valence-corrected chi connectivity index (χ1v) is 11.8. The molecule has 0 spiro atoms. The van der Waals surface area contributed by atoms with Gasteiger partial charge in [-0.3, -0.25) is 0 Å². The smallest absolute Gasteiger partial charge is 0.201 e. The Morgan fingerprint density at radius 2 is 1.72 bits per heavy atom. The molecular weight excluding hydrogens is 386 g/mol. The van der Waals surface area contributed by atoms with Gasteiger partial charge in [0.1, 0.15) is 7.05 Å². The minimum Gasteiger partial charge on any atom is -0.201 e. The zero-order valence-corrected chi connectivity index (χ0v) is 18.9. The van der Waals surface area contributed by atoms with Crippen molar-refractivity contribution in [3.05, 3.63) is 89.6 Å². The maximum absolute atomic E-state index is 9.24. The van der Waals surface area contributed by atoms with E-state index in [0.717, 1.165) is 50.7 Å². The quantitative estimate of drug-likeness (QED) is 0.301. The van der Waals surface area contributed by atoms with Crippen LogP contribution in [-0.4, -0.2) is 0 Å². The van der Waals surface area contributed by atoms with Crippen LogP contribution in [0.3, 0.4) is 0 Å². The van der Waals surface area contributed by atoms with Gasteiger partial charge in [0.2, 0.25) is 5.69 Å². The Balaban J connectivity index is 1.47. The van der Waals surface area contributed by atoms with Gasteiger partial charge in [-0.05, 0) is 95.9 Å². The highest BCUT2D eigenvalue weighted by atomic mass is 14.9. The van der Waals surface area contributed by atoms with Gasteiger partial charge in [0, 0.05) is 22.7 Å². The van der Waals surface area contributed by atoms with Gasteiger partial charge in [0.25, 0.3) is 0 Å². The summed E-state index contributed by atoms with van der Waals surface area (Å²) < 4.78 is 35.8. The van der Waals surface area contributed by atoms with E-state index in [-0.39, 0.29) is 0 Å². The molecule has 2 aliphatic rings. The predicted molar refractivity (Wildman–Crippen MR) is 134 cm³/mol. The molecule has 3 aromatic carbocycles. The number of benzene rings is 3. The van der Waals surface area contributed by atoms with Crippen LogP contribution in [0, 0.1) is 25.6 Å². The maximum Gasteiger partial charge on any atom is 0.213 e. The number of fused-ring (bicyclic) bond motifs is 3. The van der Waals surface area contributed by atoms with E-state index < -0.39 is 12.7 Å². The summed E-state index contributed by atoms with van der Waals surface area (Å²) in [6.07, 6.45) is 6.40. The first-order chi connectivity index (χ1) is 17.1. The van der Waals surface area contributed by atoms with E-state index in [1.54, 1.807) is 6.20 Å². The van der Waals surface area contributed by atoms with Crippen LogP contribution < -0.4 is 4.57 Å². The molecule has 1 aromatic heterocycles. The lowest BCUT2D eigenvalue weighted by Gasteiger charge is -2.22. The van der Waals surface area contributed by atoms with Crippen LogP contribution in [0.25, 0.3) is 33.2 Å². The molecule has 1 nitrogen and oxygen atoms in total. The standard InChI is InChI=1S/C31H32N/c1-20-6-4-5-7-28(20)31-18-29(21(2)19-32(31)3)26-12-10-24-17-27(13-11-23(24)16-26)30-15-22-8-9-25(30)14-22/h4-7,10-13,16-19,22,25,30H,8-9,14-15H2,1-3H3/q+1/i2D3,30D. The van der Waals surface area contributed by atoms with Crippen LogP contribution in [0.2, 0.25) is 0 Å². The fraction of sp³-hybridized carbons (Fsp3) is 0.323. The zero-order chi connectivity index (χ0) is 25.2. The lowest BCUT2D eigenvalue weighted by molar-refractivity contribution is -0.660. The Bertz CT molecular complexity index is 1490. The van der Waals surface area contributed by atoms with E-state index in [1.165, 1.54) is 19.3 Å². The number of hydrogen-bond acceptors (Lipinski definition) is 0. The Kier molecular flexibility index (Phi) is 3.75. The fourth-order valence-corrected chi connectivity index (χ4v) is 6.04. The molecule has 3 unspecified atom stereocenters. The number of pyridine rings is 1. The molecule has 0 radical (unpaired) electrons. The van der Waals surface area contributed by atoms with Crippen LogP contribution in [0.4, 0.5) is 0 Å². The normalized spacial score (nSPS) is 26.6. The molecule has 32 heavy (non-hydrogen) atoms. The highest BCUT2D eigenvalue weighted by molar-refractivity contribution is 5.88. The summed E-state index contributed by atoms with van der Waals surface area (Å²) in [5.74, 6) is 0.734. The maximum atomic E-state index is 9.24. The molecule has 0 saturated heterocycles. The summed E-state index contributed by atoms with van der Waals surface area (Å²) in [5.41, 5.74) is 6.35. The van der Waals surface area contributed by atoms with Crippen molar-refractivity contribution in [2.75, 3.05) is 0 Å². The summed E-state index contributed by atoms with van der Waals surface area (Å²) in [6.45, 7) is -0.148. The largest absolute Gasteiger partial charge is 0.213 e. The van der Waals surface area contributed by atoms with Gasteiger partial charge in [-0.25, -0.2) is 4.57 Å². The molecule has 1 heteroatoms. The molecule has 2 aliphatic carbocycles. The van der Waals surface area contributed by atoms with Crippen molar-refractivity contribution in [1.29, 1.82) is 0 Å². The van der Waals surface area contributed by atoms with Crippen molar-refractivity contribution < 1.29 is 10.1 Å². The number of rotatable bonds is 3. The lowest BCUT2D eigenvalue weighted by Crippen LogP contribution is -2.31. The highest BCUT2D eigenvalue weighted by Crippen LogP contribution is 2.53. The minimum absolute atomic E-state index is 0.352. The Labute approximate surface area is 197 Å². The van der Waals surface area contributed by atoms with Gasteiger partial charge in [-0.2, -0.15) is 0 Å². The zero-order valence-electron chi connectivity index (χ0n) is 22.9. The van der Waals surface area contributed by atoms with Crippen molar-refractivity contribution in [2.24, 2.45) is 18.9 Å². The molecule has 2 bridgehead atoms. The fourth-order valence-electron chi connectivity index (χ4n) is 6.04. The SMILES string of the molecule is [2H]C([2H])([2H])c1c[n+](C)c(-c2ccccc2C)cc1-c1ccc2cc(C3([2H])CC4CCC3C4)ccc2c1. The molecule has 4 aromatic rings. The van der Waals surface area contributed by atoms with Crippen LogP contribution in [0.5, 0.6) is 0 Å².